The first-order valence-corrected chi connectivity index (χ1v) is 9.36. The third kappa shape index (κ3) is 3.09. The van der Waals surface area contributed by atoms with E-state index in [1.165, 1.54) is 6.07 Å². The van der Waals surface area contributed by atoms with Crippen molar-refractivity contribution >= 4 is 23.2 Å². The number of carbonyl (C=O) groups is 2. The van der Waals surface area contributed by atoms with Crippen LogP contribution in [-0.2, 0) is 9.59 Å². The summed E-state index contributed by atoms with van der Waals surface area (Å²) in [6, 6.07) is 12.6. The lowest BCUT2D eigenvalue weighted by Gasteiger charge is -2.45. The Morgan fingerprint density at radius 3 is 2.57 bits per heavy atom. The molecule has 1 aliphatic heterocycles. The van der Waals surface area contributed by atoms with Crippen LogP contribution in [0.25, 0.3) is 0 Å². The molecule has 2 aromatic carbocycles. The van der Waals surface area contributed by atoms with Crippen molar-refractivity contribution in [1.29, 1.82) is 0 Å². The number of halogens is 2. The Morgan fingerprint density at radius 1 is 1.04 bits per heavy atom. The van der Waals surface area contributed by atoms with Crippen LogP contribution in [-0.4, -0.2) is 11.8 Å². The minimum Gasteiger partial charge on any atom is -0.325 e. The van der Waals surface area contributed by atoms with Gasteiger partial charge in [-0.1, -0.05) is 24.3 Å². The van der Waals surface area contributed by atoms with E-state index in [2.05, 4.69) is 5.32 Å². The molecule has 0 saturated carbocycles. The molecule has 1 atom stereocenters. The number of para-hydroxylation sites is 1. The lowest BCUT2D eigenvalue weighted by molar-refractivity contribution is -0.128. The highest BCUT2D eigenvalue weighted by molar-refractivity contribution is 6.05. The smallest absolute Gasteiger partial charge is 0.236 e. The number of nitrogens with zero attached hydrogens (tertiary/aromatic N) is 1. The topological polar surface area (TPSA) is 49.4 Å². The molecule has 1 aliphatic carbocycles. The minimum atomic E-state index is -1.01. The van der Waals surface area contributed by atoms with Crippen LogP contribution in [0.4, 0.5) is 20.2 Å². The third-order valence-corrected chi connectivity index (χ3v) is 5.52. The van der Waals surface area contributed by atoms with Gasteiger partial charge in [0.25, 0.3) is 0 Å². The number of anilines is 2. The molecule has 1 saturated heterocycles. The molecule has 0 radical (unpaired) electrons. The largest absolute Gasteiger partial charge is 0.325 e. The summed E-state index contributed by atoms with van der Waals surface area (Å²) in [7, 11) is 0. The van der Waals surface area contributed by atoms with E-state index in [1.807, 2.05) is 36.4 Å². The molecule has 0 aromatic heterocycles. The van der Waals surface area contributed by atoms with Crippen molar-refractivity contribution in [3.63, 3.8) is 0 Å². The van der Waals surface area contributed by atoms with Gasteiger partial charge in [0.2, 0.25) is 11.8 Å². The molecule has 2 amide bonds. The second kappa shape index (κ2) is 7.19. The Morgan fingerprint density at radius 2 is 1.82 bits per heavy atom. The molecule has 144 valence electrons. The lowest BCUT2D eigenvalue weighted by Crippen LogP contribution is -2.51. The SMILES string of the molecule is O=C1CCC2(C(=O)Nc3ccc(F)c(F)c3)CCCC=C2N1c1ccccc1. The quantitative estimate of drug-likeness (QED) is 0.830. The number of hydrogen-bond donors (Lipinski definition) is 1. The van der Waals surface area contributed by atoms with Gasteiger partial charge in [-0.2, -0.15) is 0 Å². The predicted octanol–water partition coefficient (Wildman–Crippen LogP) is 4.78. The zero-order valence-electron chi connectivity index (χ0n) is 15.3. The molecular weight excluding hydrogens is 362 g/mol. The molecule has 1 N–H and O–H groups in total. The number of benzene rings is 2. The Kier molecular flexibility index (Phi) is 4.71. The maximum absolute atomic E-state index is 13.5. The van der Waals surface area contributed by atoms with Gasteiger partial charge in [-0.25, -0.2) is 8.78 Å². The Labute approximate surface area is 161 Å². The molecule has 6 heteroatoms. The van der Waals surface area contributed by atoms with Gasteiger partial charge in [-0.15, -0.1) is 0 Å². The maximum atomic E-state index is 13.5. The first kappa shape index (κ1) is 18.3. The van der Waals surface area contributed by atoms with Crippen molar-refractivity contribution in [2.45, 2.75) is 32.1 Å². The van der Waals surface area contributed by atoms with Crippen LogP contribution in [0.2, 0.25) is 0 Å². The summed E-state index contributed by atoms with van der Waals surface area (Å²) in [4.78, 5) is 27.6. The maximum Gasteiger partial charge on any atom is 0.236 e. The molecule has 1 fully saturated rings. The normalized spacial score (nSPS) is 21.7. The lowest BCUT2D eigenvalue weighted by atomic mass is 9.69. The molecule has 0 bridgehead atoms. The minimum absolute atomic E-state index is 0.0457. The Bertz CT molecular complexity index is 958. The van der Waals surface area contributed by atoms with Crippen LogP contribution >= 0.6 is 0 Å². The van der Waals surface area contributed by atoms with Crippen molar-refractivity contribution in [2.24, 2.45) is 5.41 Å². The predicted molar refractivity (Wildman–Crippen MR) is 103 cm³/mol. The Balaban J connectivity index is 1.70. The highest BCUT2D eigenvalue weighted by Crippen LogP contribution is 2.48. The molecule has 4 nitrogen and oxygen atoms in total. The van der Waals surface area contributed by atoms with Crippen molar-refractivity contribution in [2.75, 3.05) is 10.2 Å². The molecule has 2 aromatic rings. The first-order valence-electron chi connectivity index (χ1n) is 9.36. The summed E-state index contributed by atoms with van der Waals surface area (Å²) >= 11 is 0. The zero-order chi connectivity index (χ0) is 19.7. The summed E-state index contributed by atoms with van der Waals surface area (Å²) in [5.41, 5.74) is 0.741. The van der Waals surface area contributed by atoms with Crippen LogP contribution < -0.4 is 10.2 Å². The van der Waals surface area contributed by atoms with Crippen LogP contribution in [0, 0.1) is 17.0 Å². The van der Waals surface area contributed by atoms with E-state index in [1.54, 1.807) is 4.90 Å². The number of carbonyl (C=O) groups excluding carboxylic acids is 2. The van der Waals surface area contributed by atoms with E-state index in [0.29, 0.717) is 18.5 Å². The number of hydrogen-bond acceptors (Lipinski definition) is 2. The average Bonchev–Trinajstić information content (AvgIpc) is 2.71. The van der Waals surface area contributed by atoms with Gasteiger partial charge in [-0.05, 0) is 49.9 Å². The van der Waals surface area contributed by atoms with E-state index in [9.17, 15) is 18.4 Å². The van der Waals surface area contributed by atoms with Gasteiger partial charge in [0.1, 0.15) is 0 Å². The highest BCUT2D eigenvalue weighted by Gasteiger charge is 2.50. The van der Waals surface area contributed by atoms with Crippen molar-refractivity contribution in [3.05, 3.63) is 71.9 Å². The van der Waals surface area contributed by atoms with Gasteiger partial charge in [0, 0.05) is 29.6 Å². The van der Waals surface area contributed by atoms with E-state index in [4.69, 9.17) is 0 Å². The fraction of sp³-hybridized carbons (Fsp3) is 0.273. The summed E-state index contributed by atoms with van der Waals surface area (Å²) in [6.07, 6.45) is 4.81. The second-order valence-corrected chi connectivity index (χ2v) is 7.21. The van der Waals surface area contributed by atoms with Gasteiger partial charge in [0.15, 0.2) is 11.6 Å². The van der Waals surface area contributed by atoms with Gasteiger partial charge < -0.3 is 5.32 Å². The summed E-state index contributed by atoms with van der Waals surface area (Å²) in [5.74, 6) is -2.32. The van der Waals surface area contributed by atoms with Crippen LogP contribution in [0.15, 0.2) is 60.3 Å². The number of nitrogens with one attached hydrogen (secondary N) is 1. The molecule has 0 spiro atoms. The number of rotatable bonds is 3. The number of piperidine rings is 1. The van der Waals surface area contributed by atoms with Crippen molar-refractivity contribution in [3.8, 4) is 0 Å². The molecular formula is C22H20F2N2O2. The highest BCUT2D eigenvalue weighted by atomic mass is 19.2. The van der Waals surface area contributed by atoms with Gasteiger partial charge in [0.05, 0.1) is 5.41 Å². The van der Waals surface area contributed by atoms with E-state index >= 15 is 0 Å². The van der Waals surface area contributed by atoms with Crippen LogP contribution in [0.5, 0.6) is 0 Å². The monoisotopic (exact) mass is 382 g/mol. The fourth-order valence-electron chi connectivity index (χ4n) is 4.12. The zero-order valence-corrected chi connectivity index (χ0v) is 15.3. The van der Waals surface area contributed by atoms with Crippen LogP contribution in [0.3, 0.4) is 0 Å². The summed E-state index contributed by atoms with van der Waals surface area (Å²) < 4.78 is 26.7. The van der Waals surface area contributed by atoms with E-state index < -0.39 is 17.0 Å². The van der Waals surface area contributed by atoms with Crippen molar-refractivity contribution in [1.82, 2.24) is 0 Å². The summed E-state index contributed by atoms with van der Waals surface area (Å²) in [6.45, 7) is 0. The van der Waals surface area contributed by atoms with E-state index in [0.717, 1.165) is 30.7 Å². The van der Waals surface area contributed by atoms with Crippen LogP contribution in [0.1, 0.15) is 32.1 Å². The van der Waals surface area contributed by atoms with E-state index in [-0.39, 0.29) is 23.9 Å². The third-order valence-electron chi connectivity index (χ3n) is 5.52. The standard InChI is InChI=1S/C22H20F2N2O2/c23-17-10-9-15(14-18(17)24)25-21(28)22-12-5-4-8-19(22)26(20(27)11-13-22)16-6-2-1-3-7-16/h1-3,6-10,14H,4-5,11-13H2,(H,25,28). The first-order chi connectivity index (χ1) is 13.5. The molecule has 2 aliphatic rings. The van der Waals surface area contributed by atoms with Crippen molar-refractivity contribution < 1.29 is 18.4 Å². The fourth-order valence-corrected chi connectivity index (χ4v) is 4.12. The molecule has 28 heavy (non-hydrogen) atoms. The number of allylic oxidation sites excluding steroid dienone is 1. The van der Waals surface area contributed by atoms with Gasteiger partial charge >= 0.3 is 0 Å². The second-order valence-electron chi connectivity index (χ2n) is 7.21. The number of fused-ring (bicyclic) bond motifs is 1. The molecule has 4 rings (SSSR count). The van der Waals surface area contributed by atoms with Gasteiger partial charge in [-0.3, -0.25) is 14.5 Å². The molecule has 1 heterocycles. The molecule has 1 unspecified atom stereocenters. The summed E-state index contributed by atoms with van der Waals surface area (Å²) in [5, 5.41) is 2.73. The number of amides is 2. The Hall–Kier alpha value is -3.02. The average molecular weight is 382 g/mol.